The smallest absolute Gasteiger partial charge is 0.422 e. The fourth-order valence-corrected chi connectivity index (χ4v) is 6.20. The number of amides is 1. The average molecular weight is 512 g/mol. The molecule has 3 atom stereocenters. The van der Waals surface area contributed by atoms with Crippen molar-refractivity contribution in [2.24, 2.45) is 5.92 Å². The van der Waals surface area contributed by atoms with E-state index in [2.05, 4.69) is 30.5 Å². The molecule has 1 amide bonds. The van der Waals surface area contributed by atoms with Gasteiger partial charge in [-0.2, -0.15) is 13.2 Å². The van der Waals surface area contributed by atoms with Crippen molar-refractivity contribution >= 4 is 33.4 Å². The van der Waals surface area contributed by atoms with Crippen molar-refractivity contribution in [2.75, 3.05) is 26.7 Å². The Morgan fingerprint density at radius 3 is 2.66 bits per heavy atom. The Labute approximate surface area is 207 Å². The van der Waals surface area contributed by atoms with Crippen molar-refractivity contribution in [2.45, 2.75) is 70.1 Å². The highest BCUT2D eigenvalue weighted by atomic mass is 32.1. The number of ether oxygens (including phenoxy) is 1. The summed E-state index contributed by atoms with van der Waals surface area (Å²) in [6.45, 7) is 5.99. The van der Waals surface area contributed by atoms with Crippen LogP contribution in [0.4, 0.5) is 13.2 Å². The number of thiazole rings is 1. The van der Waals surface area contributed by atoms with Crippen molar-refractivity contribution in [1.29, 1.82) is 0 Å². The fraction of sp³-hybridized carbons (Fsp3) is 0.640. The van der Waals surface area contributed by atoms with Crippen LogP contribution in [0.5, 0.6) is 0 Å². The van der Waals surface area contributed by atoms with Crippen LogP contribution in [0.3, 0.4) is 0 Å². The summed E-state index contributed by atoms with van der Waals surface area (Å²) in [5, 5.41) is 1.11. The molecule has 10 heteroatoms. The van der Waals surface area contributed by atoms with Gasteiger partial charge in [0.05, 0.1) is 21.3 Å². The van der Waals surface area contributed by atoms with Crippen molar-refractivity contribution in [3.63, 3.8) is 0 Å². The minimum atomic E-state index is -4.68. The van der Waals surface area contributed by atoms with Gasteiger partial charge < -0.3 is 14.5 Å². The number of aromatic nitrogens is 1. The van der Waals surface area contributed by atoms with E-state index in [9.17, 15) is 22.8 Å². The highest BCUT2D eigenvalue weighted by molar-refractivity contribution is 7.18. The van der Waals surface area contributed by atoms with Gasteiger partial charge in [0.2, 0.25) is 0 Å². The third-order valence-corrected chi connectivity index (χ3v) is 8.57. The molecule has 2 aliphatic rings. The van der Waals surface area contributed by atoms with Gasteiger partial charge in [-0.15, -0.1) is 11.3 Å². The van der Waals surface area contributed by atoms with Crippen LogP contribution in [0.15, 0.2) is 18.2 Å². The Balaban J connectivity index is 1.55. The van der Waals surface area contributed by atoms with Gasteiger partial charge in [0.25, 0.3) is 0 Å². The molecular weight excluding hydrogens is 479 g/mol. The van der Waals surface area contributed by atoms with E-state index >= 15 is 0 Å². The van der Waals surface area contributed by atoms with E-state index in [0.29, 0.717) is 12.3 Å². The molecule has 0 saturated carbocycles. The van der Waals surface area contributed by atoms with Crippen LogP contribution in [0.2, 0.25) is 0 Å². The van der Waals surface area contributed by atoms with Gasteiger partial charge in [-0.05, 0) is 76.7 Å². The summed E-state index contributed by atoms with van der Waals surface area (Å²) >= 11 is 1.69. The van der Waals surface area contributed by atoms with E-state index < -0.39 is 30.7 Å². The summed E-state index contributed by atoms with van der Waals surface area (Å²) in [5.41, 5.74) is 1.79. The Kier molecular flexibility index (Phi) is 7.16. The van der Waals surface area contributed by atoms with Crippen molar-refractivity contribution < 1.29 is 27.5 Å². The van der Waals surface area contributed by atoms with Crippen LogP contribution in [0.1, 0.15) is 69.0 Å². The van der Waals surface area contributed by atoms with E-state index in [4.69, 9.17) is 4.98 Å². The Bertz CT molecular complexity index is 1100. The lowest BCUT2D eigenvalue weighted by molar-refractivity contribution is -0.190. The molecule has 1 aromatic carbocycles. The monoisotopic (exact) mass is 511 g/mol. The first kappa shape index (κ1) is 25.9. The number of fused-ring (bicyclic) bond motifs is 1. The number of carbonyl (C=O) groups is 2. The molecule has 4 rings (SSSR count). The summed E-state index contributed by atoms with van der Waals surface area (Å²) in [5.74, 6) is -1.98. The zero-order valence-corrected chi connectivity index (χ0v) is 21.3. The standard InChI is InChI=1S/C25H32F3N3O3S/c1-15-5-7-19(31(13-15)22(32)23(33)34-14-25(26,27)28)16-6-8-20-18(11-16)29-21(35-20)17-9-10-30(4)24(2,3)12-17/h6,8,11,15,17,19H,5,7,9-10,12-14H2,1-4H3. The quantitative estimate of drug-likeness (QED) is 0.414. The molecule has 3 heterocycles. The second-order valence-electron chi connectivity index (χ2n) is 10.6. The number of likely N-dealkylation sites (tertiary alicyclic amines) is 2. The van der Waals surface area contributed by atoms with Gasteiger partial charge in [0.1, 0.15) is 0 Å². The zero-order chi connectivity index (χ0) is 25.5. The van der Waals surface area contributed by atoms with Gasteiger partial charge in [0, 0.05) is 18.0 Å². The first-order chi connectivity index (χ1) is 16.3. The largest absolute Gasteiger partial charge is 0.449 e. The molecule has 0 radical (unpaired) electrons. The van der Waals surface area contributed by atoms with Gasteiger partial charge >= 0.3 is 18.1 Å². The summed E-state index contributed by atoms with van der Waals surface area (Å²) in [6.07, 6.45) is -1.14. The third-order valence-electron chi connectivity index (χ3n) is 7.37. The topological polar surface area (TPSA) is 62.7 Å². The van der Waals surface area contributed by atoms with Crippen LogP contribution in [0.25, 0.3) is 10.2 Å². The minimum Gasteiger partial charge on any atom is -0.449 e. The minimum absolute atomic E-state index is 0.103. The van der Waals surface area contributed by atoms with E-state index in [1.165, 1.54) is 4.90 Å². The van der Waals surface area contributed by atoms with Crippen LogP contribution < -0.4 is 0 Å². The molecule has 35 heavy (non-hydrogen) atoms. The van der Waals surface area contributed by atoms with E-state index in [0.717, 1.165) is 46.6 Å². The number of rotatable bonds is 3. The number of hydrogen-bond acceptors (Lipinski definition) is 6. The Hall–Kier alpha value is -2.20. The normalized spacial score (nSPS) is 25.6. The molecule has 2 aliphatic heterocycles. The fourth-order valence-electron chi connectivity index (χ4n) is 5.12. The SMILES string of the molecule is CC1CCC(c2ccc3sc(C4CCN(C)C(C)(C)C4)nc3c2)N(C(=O)C(=O)OCC(F)(F)F)C1. The van der Waals surface area contributed by atoms with Gasteiger partial charge in [-0.25, -0.2) is 9.78 Å². The number of carbonyl (C=O) groups excluding carboxylic acids is 2. The maximum atomic E-state index is 12.8. The lowest BCUT2D eigenvalue weighted by atomic mass is 9.83. The van der Waals surface area contributed by atoms with E-state index in [1.54, 1.807) is 11.3 Å². The highest BCUT2D eigenvalue weighted by Gasteiger charge is 2.38. The number of nitrogens with zero attached hydrogens (tertiary/aromatic N) is 3. The summed E-state index contributed by atoms with van der Waals surface area (Å²) < 4.78 is 42.7. The maximum Gasteiger partial charge on any atom is 0.422 e. The molecule has 0 bridgehead atoms. The van der Waals surface area contributed by atoms with E-state index in [-0.39, 0.29) is 18.0 Å². The second kappa shape index (κ2) is 9.69. The highest BCUT2D eigenvalue weighted by Crippen LogP contribution is 2.41. The molecule has 0 aliphatic carbocycles. The molecule has 2 aromatic rings. The van der Waals surface area contributed by atoms with Crippen LogP contribution >= 0.6 is 11.3 Å². The van der Waals surface area contributed by atoms with Gasteiger partial charge in [-0.3, -0.25) is 4.79 Å². The van der Waals surface area contributed by atoms with Crippen LogP contribution in [-0.4, -0.2) is 65.1 Å². The lowest BCUT2D eigenvalue weighted by Crippen LogP contribution is -2.46. The summed E-state index contributed by atoms with van der Waals surface area (Å²) in [6, 6.07) is 5.48. The molecular formula is C25H32F3N3O3S. The third kappa shape index (κ3) is 5.80. The first-order valence-electron chi connectivity index (χ1n) is 12.0. The molecule has 192 valence electrons. The van der Waals surface area contributed by atoms with Gasteiger partial charge in [0.15, 0.2) is 6.61 Å². The molecule has 1 aromatic heterocycles. The predicted molar refractivity (Wildman–Crippen MR) is 128 cm³/mol. The summed E-state index contributed by atoms with van der Waals surface area (Å²) in [7, 11) is 2.15. The summed E-state index contributed by atoms with van der Waals surface area (Å²) in [4.78, 5) is 33.6. The van der Waals surface area contributed by atoms with Crippen LogP contribution in [-0.2, 0) is 14.3 Å². The molecule has 2 fully saturated rings. The molecule has 0 spiro atoms. The van der Waals surface area contributed by atoms with E-state index in [1.807, 2.05) is 25.1 Å². The molecule has 2 saturated heterocycles. The second-order valence-corrected chi connectivity index (χ2v) is 11.6. The average Bonchev–Trinajstić information content (AvgIpc) is 3.21. The maximum absolute atomic E-state index is 12.8. The Morgan fingerprint density at radius 2 is 1.97 bits per heavy atom. The predicted octanol–water partition coefficient (Wildman–Crippen LogP) is 5.29. The molecule has 6 nitrogen and oxygen atoms in total. The lowest BCUT2D eigenvalue weighted by Gasteiger charge is -2.43. The van der Waals surface area contributed by atoms with Gasteiger partial charge in [-0.1, -0.05) is 13.0 Å². The number of esters is 1. The number of alkyl halides is 3. The molecule has 3 unspecified atom stereocenters. The number of piperidine rings is 2. The Morgan fingerprint density at radius 1 is 1.23 bits per heavy atom. The molecule has 0 N–H and O–H groups in total. The number of benzene rings is 1. The van der Waals surface area contributed by atoms with Crippen molar-refractivity contribution in [3.8, 4) is 0 Å². The number of halogens is 3. The van der Waals surface area contributed by atoms with Crippen molar-refractivity contribution in [3.05, 3.63) is 28.8 Å². The van der Waals surface area contributed by atoms with Crippen molar-refractivity contribution in [1.82, 2.24) is 14.8 Å². The number of hydrogen-bond donors (Lipinski definition) is 0. The van der Waals surface area contributed by atoms with Crippen LogP contribution in [0, 0.1) is 5.92 Å². The zero-order valence-electron chi connectivity index (χ0n) is 20.5. The first-order valence-corrected chi connectivity index (χ1v) is 12.8.